The summed E-state index contributed by atoms with van der Waals surface area (Å²) in [5, 5.41) is 11.8. The molecule has 1 saturated heterocycles. The molecule has 0 atom stereocenters. The van der Waals surface area contributed by atoms with E-state index in [0.717, 1.165) is 54.4 Å². The molecule has 4 heterocycles. The molecule has 5 rings (SSSR count). The molecule has 1 aliphatic heterocycles. The molecule has 0 radical (unpaired) electrons. The lowest BCUT2D eigenvalue weighted by Crippen LogP contribution is -2.53. The first-order valence-electron chi connectivity index (χ1n) is 13.2. The number of rotatable bonds is 4. The molecule has 0 amide bonds. The second-order valence-corrected chi connectivity index (χ2v) is 11.6. The van der Waals surface area contributed by atoms with Crippen LogP contribution in [0, 0.1) is 13.8 Å². The van der Waals surface area contributed by atoms with Crippen LogP contribution in [0.1, 0.15) is 32.2 Å². The molecule has 1 N–H and O–H groups in total. The fourth-order valence-corrected chi connectivity index (χ4v) is 5.47. The maximum atomic E-state index is 12.4. The van der Waals surface area contributed by atoms with Gasteiger partial charge >= 0.3 is 5.69 Å². The highest BCUT2D eigenvalue weighted by Crippen LogP contribution is 2.40. The minimum absolute atomic E-state index is 0.0652. The molecule has 0 saturated carbocycles. The van der Waals surface area contributed by atoms with Crippen molar-refractivity contribution in [2.75, 3.05) is 31.1 Å². The van der Waals surface area contributed by atoms with Gasteiger partial charge in [-0.2, -0.15) is 0 Å². The summed E-state index contributed by atoms with van der Waals surface area (Å²) in [6.45, 7) is 14.5. The van der Waals surface area contributed by atoms with E-state index in [4.69, 9.17) is 16.6 Å². The van der Waals surface area contributed by atoms with Gasteiger partial charge < -0.3 is 14.6 Å². The van der Waals surface area contributed by atoms with Crippen LogP contribution < -0.4 is 10.6 Å². The van der Waals surface area contributed by atoms with Crippen molar-refractivity contribution in [1.82, 2.24) is 24.0 Å². The number of piperazine rings is 1. The lowest BCUT2D eigenvalue weighted by Gasteiger charge is -2.43. The maximum Gasteiger partial charge on any atom is 0.332 e. The lowest BCUT2D eigenvalue weighted by atomic mass is 10.00. The number of aromatic nitrogens is 4. The van der Waals surface area contributed by atoms with Gasteiger partial charge in [-0.05, 0) is 64.4 Å². The zero-order valence-electron chi connectivity index (χ0n) is 23.4. The number of hydrogen-bond donors (Lipinski definition) is 1. The minimum atomic E-state index is -0.183. The van der Waals surface area contributed by atoms with Crippen LogP contribution in [0.25, 0.3) is 28.1 Å². The standard InChI is InChI=1S/C30H35ClN6O2/c1-19-15-23(21-7-8-25(24(31)16-21)37-14-9-34(6)29(37)39)28(38)27(33-19)22-17-26(20(2)32-18-22)35-10-12-36(13-11-35)30(3,4)5/h7-9,14-18,38H,10-13H2,1-6H3. The van der Waals surface area contributed by atoms with Crippen molar-refractivity contribution in [2.45, 2.75) is 40.2 Å². The van der Waals surface area contributed by atoms with Gasteiger partial charge in [0.15, 0.2) is 0 Å². The summed E-state index contributed by atoms with van der Waals surface area (Å²) in [5.74, 6) is 0.0652. The van der Waals surface area contributed by atoms with Gasteiger partial charge in [0.05, 0.1) is 22.1 Å². The highest BCUT2D eigenvalue weighted by Gasteiger charge is 2.27. The van der Waals surface area contributed by atoms with Gasteiger partial charge in [-0.25, -0.2) is 9.78 Å². The highest BCUT2D eigenvalue weighted by molar-refractivity contribution is 6.32. The Bertz CT molecular complexity index is 1590. The van der Waals surface area contributed by atoms with Gasteiger partial charge in [0.1, 0.15) is 11.4 Å². The summed E-state index contributed by atoms with van der Waals surface area (Å²) in [6.07, 6.45) is 5.14. The summed E-state index contributed by atoms with van der Waals surface area (Å²) < 4.78 is 2.99. The van der Waals surface area contributed by atoms with Crippen LogP contribution in [-0.2, 0) is 7.05 Å². The van der Waals surface area contributed by atoms with Crippen molar-refractivity contribution in [3.63, 3.8) is 0 Å². The fourth-order valence-electron chi connectivity index (χ4n) is 5.19. The molecule has 0 spiro atoms. The molecule has 4 aromatic rings. The zero-order valence-corrected chi connectivity index (χ0v) is 24.1. The Labute approximate surface area is 234 Å². The molecule has 0 bridgehead atoms. The number of aryl methyl sites for hydroxylation is 3. The first-order valence-corrected chi connectivity index (χ1v) is 13.5. The van der Waals surface area contributed by atoms with E-state index >= 15 is 0 Å². The second-order valence-electron chi connectivity index (χ2n) is 11.2. The van der Waals surface area contributed by atoms with Gasteiger partial charge in [0.2, 0.25) is 0 Å². The summed E-state index contributed by atoms with van der Waals surface area (Å²) in [7, 11) is 1.69. The third kappa shape index (κ3) is 5.18. The smallest absolute Gasteiger partial charge is 0.332 e. The molecule has 1 aromatic carbocycles. The van der Waals surface area contributed by atoms with Gasteiger partial charge in [-0.1, -0.05) is 17.7 Å². The number of hydrogen-bond acceptors (Lipinski definition) is 6. The van der Waals surface area contributed by atoms with Gasteiger partial charge in [0, 0.05) is 74.2 Å². The van der Waals surface area contributed by atoms with E-state index < -0.39 is 0 Å². The molecular weight excluding hydrogens is 512 g/mol. The summed E-state index contributed by atoms with van der Waals surface area (Å²) in [6, 6.07) is 9.33. The largest absolute Gasteiger partial charge is 0.505 e. The Morgan fingerprint density at radius 1 is 0.949 bits per heavy atom. The van der Waals surface area contributed by atoms with Crippen molar-refractivity contribution < 1.29 is 5.11 Å². The van der Waals surface area contributed by atoms with E-state index in [2.05, 4.69) is 41.6 Å². The molecule has 1 fully saturated rings. The number of benzene rings is 1. The molecular formula is C30H35ClN6O2. The fraction of sp³-hybridized carbons (Fsp3) is 0.367. The van der Waals surface area contributed by atoms with Crippen LogP contribution in [0.5, 0.6) is 5.75 Å². The predicted molar refractivity (Wildman–Crippen MR) is 157 cm³/mol. The number of imidazole rings is 1. The van der Waals surface area contributed by atoms with Crippen LogP contribution in [-0.4, -0.2) is 60.8 Å². The molecule has 1 aliphatic rings. The topological polar surface area (TPSA) is 79.4 Å². The predicted octanol–water partition coefficient (Wildman–Crippen LogP) is 5.20. The Hall–Kier alpha value is -3.62. The lowest BCUT2D eigenvalue weighted by molar-refractivity contribution is 0.128. The van der Waals surface area contributed by atoms with Crippen LogP contribution in [0.3, 0.4) is 0 Å². The number of aromatic hydroxyl groups is 1. The number of nitrogens with zero attached hydrogens (tertiary/aromatic N) is 6. The Kier molecular flexibility index (Phi) is 7.03. The van der Waals surface area contributed by atoms with E-state index in [1.807, 2.05) is 26.0 Å². The Morgan fingerprint density at radius 3 is 2.28 bits per heavy atom. The normalized spacial score (nSPS) is 14.7. The molecule has 0 unspecified atom stereocenters. The first kappa shape index (κ1) is 27.0. The number of anilines is 1. The quantitative estimate of drug-likeness (QED) is 0.379. The molecule has 9 heteroatoms. The molecule has 8 nitrogen and oxygen atoms in total. The van der Waals surface area contributed by atoms with Gasteiger partial charge in [-0.3, -0.25) is 14.5 Å². The van der Waals surface area contributed by atoms with Crippen LogP contribution in [0.2, 0.25) is 5.02 Å². The van der Waals surface area contributed by atoms with Crippen molar-refractivity contribution in [3.8, 4) is 33.8 Å². The third-order valence-electron chi connectivity index (χ3n) is 7.49. The second kappa shape index (κ2) is 10.2. The SMILES string of the molecule is Cc1cc(-c2ccc(-n3ccn(C)c3=O)c(Cl)c2)c(O)c(-c2cnc(C)c(N3CCN(C(C)(C)C)CC3)c2)n1. The van der Waals surface area contributed by atoms with E-state index in [-0.39, 0.29) is 17.0 Å². The van der Waals surface area contributed by atoms with E-state index in [0.29, 0.717) is 22.0 Å². The minimum Gasteiger partial charge on any atom is -0.505 e. The first-order chi connectivity index (χ1) is 18.4. The molecule has 3 aromatic heterocycles. The van der Waals surface area contributed by atoms with E-state index in [1.165, 1.54) is 9.13 Å². The van der Waals surface area contributed by atoms with Crippen molar-refractivity contribution in [3.05, 3.63) is 75.8 Å². The zero-order chi connectivity index (χ0) is 28.1. The molecule has 0 aliphatic carbocycles. The summed E-state index contributed by atoms with van der Waals surface area (Å²) in [4.78, 5) is 26.7. The summed E-state index contributed by atoms with van der Waals surface area (Å²) >= 11 is 6.62. The monoisotopic (exact) mass is 546 g/mol. The molecule has 39 heavy (non-hydrogen) atoms. The van der Waals surface area contributed by atoms with Gasteiger partial charge in [-0.15, -0.1) is 0 Å². The van der Waals surface area contributed by atoms with Crippen molar-refractivity contribution >= 4 is 17.3 Å². The number of pyridine rings is 2. The molecule has 204 valence electrons. The average molecular weight is 547 g/mol. The van der Waals surface area contributed by atoms with Crippen LogP contribution in [0.4, 0.5) is 5.69 Å². The van der Waals surface area contributed by atoms with Crippen molar-refractivity contribution in [2.24, 2.45) is 7.05 Å². The maximum absolute atomic E-state index is 12.4. The van der Waals surface area contributed by atoms with Crippen LogP contribution in [0.15, 0.2) is 53.7 Å². The highest BCUT2D eigenvalue weighted by atomic mass is 35.5. The van der Waals surface area contributed by atoms with E-state index in [1.54, 1.807) is 37.8 Å². The van der Waals surface area contributed by atoms with Crippen molar-refractivity contribution in [1.29, 1.82) is 0 Å². The van der Waals surface area contributed by atoms with E-state index in [9.17, 15) is 9.90 Å². The third-order valence-corrected chi connectivity index (χ3v) is 7.79. The number of halogens is 1. The Morgan fingerprint density at radius 2 is 1.67 bits per heavy atom. The average Bonchev–Trinajstić information content (AvgIpc) is 3.22. The van der Waals surface area contributed by atoms with Gasteiger partial charge in [0.25, 0.3) is 0 Å². The van der Waals surface area contributed by atoms with Crippen LogP contribution >= 0.6 is 11.6 Å². The Balaban J connectivity index is 1.50. The summed E-state index contributed by atoms with van der Waals surface area (Å²) in [5.41, 5.74) is 5.90.